The van der Waals surface area contributed by atoms with Crippen LogP contribution in [0, 0.1) is 0 Å². The van der Waals surface area contributed by atoms with Gasteiger partial charge in [0.05, 0.1) is 0 Å². The first-order valence-corrected chi connectivity index (χ1v) is 9.63. The lowest BCUT2D eigenvalue weighted by atomic mass is 9.98. The van der Waals surface area contributed by atoms with Crippen LogP contribution in [0.3, 0.4) is 0 Å². The summed E-state index contributed by atoms with van der Waals surface area (Å²) >= 11 is 0. The van der Waals surface area contributed by atoms with E-state index in [4.69, 9.17) is 0 Å². The summed E-state index contributed by atoms with van der Waals surface area (Å²) in [5, 5.41) is 0. The molecule has 0 spiro atoms. The monoisotopic (exact) mass is 340 g/mol. The topological polar surface area (TPSA) is 0 Å². The van der Waals surface area contributed by atoms with Crippen LogP contribution in [0.1, 0.15) is 88.0 Å². The first-order chi connectivity index (χ1) is 11.7. The molecule has 0 aromatic carbocycles. The fourth-order valence-corrected chi connectivity index (χ4v) is 2.67. The third-order valence-corrected chi connectivity index (χ3v) is 4.94. The molecule has 0 aliphatic heterocycles. The van der Waals surface area contributed by atoms with Crippen molar-refractivity contribution in [2.24, 2.45) is 0 Å². The Morgan fingerprint density at radius 1 is 0.600 bits per heavy atom. The van der Waals surface area contributed by atoms with Gasteiger partial charge in [0.25, 0.3) is 0 Å². The Kier molecular flexibility index (Phi) is 12.0. The van der Waals surface area contributed by atoms with Crippen molar-refractivity contribution >= 4 is 0 Å². The molecule has 0 bridgehead atoms. The summed E-state index contributed by atoms with van der Waals surface area (Å²) < 4.78 is 0. The van der Waals surface area contributed by atoms with Crippen molar-refractivity contribution in [1.82, 2.24) is 0 Å². The van der Waals surface area contributed by atoms with Gasteiger partial charge in [0.1, 0.15) is 0 Å². The summed E-state index contributed by atoms with van der Waals surface area (Å²) in [6.07, 6.45) is 15.7. The van der Waals surface area contributed by atoms with Crippen LogP contribution < -0.4 is 0 Å². The summed E-state index contributed by atoms with van der Waals surface area (Å²) in [5.41, 5.74) is 10.1. The van der Waals surface area contributed by atoms with Crippen molar-refractivity contribution < 1.29 is 0 Å². The Morgan fingerprint density at radius 3 is 1.56 bits per heavy atom. The molecule has 0 atom stereocenters. The molecule has 0 amide bonds. The highest BCUT2D eigenvalue weighted by molar-refractivity contribution is 5.28. The van der Waals surface area contributed by atoms with E-state index in [-0.39, 0.29) is 0 Å². The predicted molar refractivity (Wildman–Crippen MR) is 117 cm³/mol. The number of hydrogen-bond donors (Lipinski definition) is 0. The van der Waals surface area contributed by atoms with Crippen molar-refractivity contribution in [3.63, 3.8) is 0 Å². The van der Waals surface area contributed by atoms with Gasteiger partial charge in [-0.3, -0.25) is 0 Å². The highest BCUT2D eigenvalue weighted by Gasteiger charge is 2.00. The SMILES string of the molecule is C/C=C\C(C)=C(/C)CC/C(C)=C/C(C)=C(\C)CC/C(C)=C/C(C)=C\C. The largest absolute Gasteiger partial charge is 0.0874 e. The number of rotatable bonds is 9. The van der Waals surface area contributed by atoms with Gasteiger partial charge in [0, 0.05) is 0 Å². The van der Waals surface area contributed by atoms with Gasteiger partial charge in [-0.2, -0.15) is 0 Å². The van der Waals surface area contributed by atoms with Crippen LogP contribution >= 0.6 is 0 Å². The van der Waals surface area contributed by atoms with Gasteiger partial charge in [-0.05, 0) is 88.0 Å². The first kappa shape index (κ1) is 23.4. The van der Waals surface area contributed by atoms with E-state index in [9.17, 15) is 0 Å². The molecular formula is C25H40. The van der Waals surface area contributed by atoms with Crippen molar-refractivity contribution in [2.45, 2.75) is 88.0 Å². The van der Waals surface area contributed by atoms with Crippen molar-refractivity contribution in [3.8, 4) is 0 Å². The molecular weight excluding hydrogens is 300 g/mol. The van der Waals surface area contributed by atoms with Crippen molar-refractivity contribution in [2.75, 3.05) is 0 Å². The minimum atomic E-state index is 1.14. The molecule has 0 rings (SSSR count). The van der Waals surface area contributed by atoms with E-state index in [1.54, 1.807) is 0 Å². The second-order valence-corrected chi connectivity index (χ2v) is 7.44. The summed E-state index contributed by atoms with van der Waals surface area (Å²) in [6, 6.07) is 0. The number of allylic oxidation sites excluding steroid dienone is 12. The Morgan fingerprint density at radius 2 is 1.08 bits per heavy atom. The first-order valence-electron chi connectivity index (χ1n) is 9.63. The average molecular weight is 341 g/mol. The van der Waals surface area contributed by atoms with Crippen molar-refractivity contribution in [1.29, 1.82) is 0 Å². The molecule has 0 aliphatic rings. The molecule has 0 heteroatoms. The normalized spacial score (nSPS) is 16.3. The van der Waals surface area contributed by atoms with Gasteiger partial charge in [-0.25, -0.2) is 0 Å². The smallest absolute Gasteiger partial charge is 0.0280 e. The highest BCUT2D eigenvalue weighted by Crippen LogP contribution is 2.20. The lowest BCUT2D eigenvalue weighted by Crippen LogP contribution is -1.88. The second-order valence-electron chi connectivity index (χ2n) is 7.44. The lowest BCUT2D eigenvalue weighted by Gasteiger charge is -2.08. The van der Waals surface area contributed by atoms with Gasteiger partial charge >= 0.3 is 0 Å². The third-order valence-electron chi connectivity index (χ3n) is 4.94. The molecule has 0 aromatic rings. The van der Waals surface area contributed by atoms with E-state index in [2.05, 4.69) is 92.7 Å². The summed E-state index contributed by atoms with van der Waals surface area (Å²) in [7, 11) is 0. The van der Waals surface area contributed by atoms with E-state index in [1.807, 2.05) is 0 Å². The standard InChI is InChI=1S/C25H40/c1-10-12-22(6)23(7)15-14-21(5)18-25(9)24(8)16-13-20(4)17-19(3)11-2/h10-12,17-18H,13-16H2,1-9H3/b12-10-,19-11-,20-17+,21-18+,23-22+,25-24+. The molecule has 0 saturated heterocycles. The maximum atomic E-state index is 2.38. The molecule has 0 aromatic heterocycles. The Hall–Kier alpha value is -1.56. The van der Waals surface area contributed by atoms with Gasteiger partial charge in [0.15, 0.2) is 0 Å². The zero-order valence-corrected chi connectivity index (χ0v) is 18.2. The van der Waals surface area contributed by atoms with E-state index < -0.39 is 0 Å². The molecule has 0 fully saturated rings. The van der Waals surface area contributed by atoms with Crippen LogP contribution in [0.4, 0.5) is 0 Å². The Balaban J connectivity index is 4.77. The van der Waals surface area contributed by atoms with E-state index in [1.165, 1.54) is 39.0 Å². The summed E-state index contributed by atoms with van der Waals surface area (Å²) in [5.74, 6) is 0. The molecule has 0 heterocycles. The molecule has 25 heavy (non-hydrogen) atoms. The maximum absolute atomic E-state index is 2.38. The summed E-state index contributed by atoms with van der Waals surface area (Å²) in [6.45, 7) is 19.8. The lowest BCUT2D eigenvalue weighted by molar-refractivity contribution is 0.899. The van der Waals surface area contributed by atoms with Crippen LogP contribution in [0.15, 0.2) is 69.4 Å². The van der Waals surface area contributed by atoms with E-state index in [0.717, 1.165) is 25.7 Å². The minimum Gasteiger partial charge on any atom is -0.0874 e. The van der Waals surface area contributed by atoms with Gasteiger partial charge < -0.3 is 0 Å². The van der Waals surface area contributed by atoms with Crippen LogP contribution in [0.5, 0.6) is 0 Å². The number of hydrogen-bond acceptors (Lipinski definition) is 0. The van der Waals surface area contributed by atoms with Crippen LogP contribution in [0.25, 0.3) is 0 Å². The van der Waals surface area contributed by atoms with Crippen LogP contribution in [-0.2, 0) is 0 Å². The molecule has 0 aliphatic carbocycles. The minimum absolute atomic E-state index is 1.14. The Bertz CT molecular complexity index is 598. The quantitative estimate of drug-likeness (QED) is 0.368. The fraction of sp³-hybridized carbons (Fsp3) is 0.520. The average Bonchev–Trinajstić information content (AvgIpc) is 2.57. The van der Waals surface area contributed by atoms with Gasteiger partial charge in [-0.1, -0.05) is 69.4 Å². The zero-order chi connectivity index (χ0) is 19.4. The molecule has 0 saturated carbocycles. The fourth-order valence-electron chi connectivity index (χ4n) is 2.67. The van der Waals surface area contributed by atoms with E-state index in [0.29, 0.717) is 0 Å². The van der Waals surface area contributed by atoms with Gasteiger partial charge in [-0.15, -0.1) is 0 Å². The van der Waals surface area contributed by atoms with Crippen molar-refractivity contribution in [3.05, 3.63) is 69.4 Å². The van der Waals surface area contributed by atoms with E-state index >= 15 is 0 Å². The molecule has 0 nitrogen and oxygen atoms in total. The summed E-state index contributed by atoms with van der Waals surface area (Å²) in [4.78, 5) is 0. The third kappa shape index (κ3) is 10.8. The Labute approximate surface area is 157 Å². The highest BCUT2D eigenvalue weighted by atomic mass is 14.1. The molecule has 0 radical (unpaired) electrons. The van der Waals surface area contributed by atoms with Crippen LogP contribution in [-0.4, -0.2) is 0 Å². The molecule has 140 valence electrons. The maximum Gasteiger partial charge on any atom is -0.0280 e. The second kappa shape index (κ2) is 12.8. The molecule has 0 unspecified atom stereocenters. The predicted octanol–water partition coefficient (Wildman–Crippen LogP) is 8.65. The zero-order valence-electron chi connectivity index (χ0n) is 18.2. The van der Waals surface area contributed by atoms with Gasteiger partial charge in [0.2, 0.25) is 0 Å². The van der Waals surface area contributed by atoms with Crippen LogP contribution in [0.2, 0.25) is 0 Å². The molecule has 0 N–H and O–H groups in total.